The van der Waals surface area contributed by atoms with Crippen LogP contribution in [-0.2, 0) is 32.5 Å². The van der Waals surface area contributed by atoms with E-state index in [0.29, 0.717) is 44.7 Å². The van der Waals surface area contributed by atoms with Gasteiger partial charge in [0.15, 0.2) is 0 Å². The van der Waals surface area contributed by atoms with Gasteiger partial charge in [0.1, 0.15) is 5.82 Å². The minimum atomic E-state index is -3.57. The molecule has 2 aromatic rings. The average Bonchev–Trinajstić information content (AvgIpc) is 3.16. The van der Waals surface area contributed by atoms with Crippen molar-refractivity contribution in [3.05, 3.63) is 24.0 Å². The minimum absolute atomic E-state index is 0.0626. The number of carbonyl (C=O) groups excluding carboxylic acids is 1. The number of amides is 1. The molecule has 2 aliphatic rings. The van der Waals surface area contributed by atoms with E-state index in [9.17, 15) is 13.2 Å². The zero-order valence-corrected chi connectivity index (χ0v) is 20.2. The van der Waals surface area contributed by atoms with Crippen molar-refractivity contribution < 1.29 is 17.9 Å². The van der Waals surface area contributed by atoms with Gasteiger partial charge in [-0.3, -0.25) is 4.79 Å². The zero-order chi connectivity index (χ0) is 22.6. The maximum Gasteiger partial charge on any atom is 0.243 e. The van der Waals surface area contributed by atoms with Gasteiger partial charge in [-0.25, -0.2) is 13.4 Å². The number of benzene rings is 1. The Labute approximate surface area is 194 Å². The summed E-state index contributed by atoms with van der Waals surface area (Å²) in [6.07, 6.45) is 3.91. The molecular weight excluding hydrogens is 448 g/mol. The van der Waals surface area contributed by atoms with Gasteiger partial charge in [0.2, 0.25) is 15.9 Å². The molecule has 0 aliphatic carbocycles. The maximum atomic E-state index is 13.0. The second-order valence-electron chi connectivity index (χ2n) is 8.30. The molecule has 8 nitrogen and oxygen atoms in total. The third-order valence-corrected chi connectivity index (χ3v) is 8.96. The molecule has 0 atom stereocenters. The molecule has 1 aromatic carbocycles. The molecule has 0 saturated carbocycles. The lowest BCUT2D eigenvalue weighted by Gasteiger charge is -2.26. The Morgan fingerprint density at radius 2 is 2.00 bits per heavy atom. The smallest absolute Gasteiger partial charge is 0.243 e. The van der Waals surface area contributed by atoms with Crippen molar-refractivity contribution in [1.29, 1.82) is 0 Å². The van der Waals surface area contributed by atoms with E-state index >= 15 is 0 Å². The van der Waals surface area contributed by atoms with E-state index in [1.807, 2.05) is 17.8 Å². The highest BCUT2D eigenvalue weighted by molar-refractivity contribution is 7.99. The Kier molecular flexibility index (Phi) is 7.75. The number of nitrogens with one attached hydrogen (secondary N) is 1. The first-order chi connectivity index (χ1) is 15.5. The predicted molar refractivity (Wildman–Crippen MR) is 126 cm³/mol. The highest BCUT2D eigenvalue weighted by atomic mass is 32.2. The van der Waals surface area contributed by atoms with E-state index < -0.39 is 10.0 Å². The Morgan fingerprint density at radius 1 is 1.25 bits per heavy atom. The van der Waals surface area contributed by atoms with Gasteiger partial charge in [-0.1, -0.05) is 6.92 Å². The molecule has 176 valence electrons. The number of aromatic nitrogens is 2. The standard InChI is InChI=1S/C22H32N4O4S2/c1-2-9-26-20-4-3-18(32(28,29)25-10-12-30-13-11-25)16-19(20)24-21(26)5-6-22(27)23-17-7-14-31-15-8-17/h3-4,16-17H,2,5-15H2,1H3,(H,23,27). The Balaban J connectivity index is 1.52. The Morgan fingerprint density at radius 3 is 2.72 bits per heavy atom. The van der Waals surface area contributed by atoms with Crippen molar-refractivity contribution in [2.24, 2.45) is 0 Å². The van der Waals surface area contributed by atoms with Gasteiger partial charge < -0.3 is 14.6 Å². The van der Waals surface area contributed by atoms with Crippen LogP contribution >= 0.6 is 11.8 Å². The van der Waals surface area contributed by atoms with E-state index in [2.05, 4.69) is 16.8 Å². The lowest BCUT2D eigenvalue weighted by molar-refractivity contribution is -0.121. The molecule has 0 unspecified atom stereocenters. The molecule has 32 heavy (non-hydrogen) atoms. The monoisotopic (exact) mass is 480 g/mol. The summed E-state index contributed by atoms with van der Waals surface area (Å²) in [5, 5.41) is 3.16. The van der Waals surface area contributed by atoms with E-state index in [0.717, 1.165) is 48.7 Å². The highest BCUT2D eigenvalue weighted by Gasteiger charge is 2.27. The summed E-state index contributed by atoms with van der Waals surface area (Å²) in [4.78, 5) is 17.5. The number of rotatable bonds is 8. The second kappa shape index (κ2) is 10.5. The quantitative estimate of drug-likeness (QED) is 0.624. The maximum absolute atomic E-state index is 13.0. The molecule has 1 aromatic heterocycles. The predicted octanol–water partition coefficient (Wildman–Crippen LogP) is 2.41. The van der Waals surface area contributed by atoms with Crippen LogP contribution in [0.15, 0.2) is 23.1 Å². The van der Waals surface area contributed by atoms with Crippen LogP contribution in [0.3, 0.4) is 0 Å². The summed E-state index contributed by atoms with van der Waals surface area (Å²) < 4.78 is 34.9. The zero-order valence-electron chi connectivity index (χ0n) is 18.6. The number of thioether (sulfide) groups is 1. The van der Waals surface area contributed by atoms with Crippen molar-refractivity contribution in [2.45, 2.75) is 56.5 Å². The van der Waals surface area contributed by atoms with Crippen molar-refractivity contribution in [2.75, 3.05) is 37.8 Å². The molecule has 0 spiro atoms. The van der Waals surface area contributed by atoms with E-state index in [-0.39, 0.29) is 16.8 Å². The van der Waals surface area contributed by atoms with Crippen LogP contribution in [0.25, 0.3) is 11.0 Å². The third kappa shape index (κ3) is 5.30. The summed E-state index contributed by atoms with van der Waals surface area (Å²) in [6, 6.07) is 5.45. The number of hydrogen-bond donors (Lipinski definition) is 1. The molecular formula is C22H32N4O4S2. The van der Waals surface area contributed by atoms with Crippen LogP contribution in [0.2, 0.25) is 0 Å². The van der Waals surface area contributed by atoms with Gasteiger partial charge in [-0.15, -0.1) is 0 Å². The average molecular weight is 481 g/mol. The summed E-state index contributed by atoms with van der Waals surface area (Å²) in [6.45, 7) is 4.44. The molecule has 1 N–H and O–H groups in total. The number of hydrogen-bond acceptors (Lipinski definition) is 6. The van der Waals surface area contributed by atoms with Crippen LogP contribution in [-0.4, -0.2) is 72.0 Å². The molecule has 10 heteroatoms. The minimum Gasteiger partial charge on any atom is -0.379 e. The van der Waals surface area contributed by atoms with Crippen LogP contribution < -0.4 is 5.32 Å². The highest BCUT2D eigenvalue weighted by Crippen LogP contribution is 2.24. The summed E-state index contributed by atoms with van der Waals surface area (Å²) in [5.74, 6) is 3.10. The largest absolute Gasteiger partial charge is 0.379 e. The Bertz CT molecular complexity index is 1040. The van der Waals surface area contributed by atoms with Crippen LogP contribution in [0.4, 0.5) is 0 Å². The second-order valence-corrected chi connectivity index (χ2v) is 11.5. The molecule has 0 radical (unpaired) electrons. The summed E-state index contributed by atoms with van der Waals surface area (Å²) >= 11 is 1.94. The van der Waals surface area contributed by atoms with E-state index in [1.54, 1.807) is 12.1 Å². The van der Waals surface area contributed by atoms with Gasteiger partial charge in [0, 0.05) is 38.5 Å². The van der Waals surface area contributed by atoms with E-state index in [1.165, 1.54) is 4.31 Å². The van der Waals surface area contributed by atoms with Gasteiger partial charge in [0.05, 0.1) is 29.1 Å². The molecule has 3 heterocycles. The first-order valence-corrected chi connectivity index (χ1v) is 14.0. The SMILES string of the molecule is CCCn1c(CCC(=O)NC2CCSCC2)nc2cc(S(=O)(=O)N3CCOCC3)ccc21. The van der Waals surface area contributed by atoms with Crippen molar-refractivity contribution in [3.63, 3.8) is 0 Å². The third-order valence-electron chi connectivity index (χ3n) is 6.02. The van der Waals surface area contributed by atoms with Crippen molar-refractivity contribution >= 4 is 38.7 Å². The fourth-order valence-electron chi connectivity index (χ4n) is 4.29. The summed E-state index contributed by atoms with van der Waals surface area (Å²) in [5.41, 5.74) is 1.57. The molecule has 2 saturated heterocycles. The van der Waals surface area contributed by atoms with Gasteiger partial charge in [0.25, 0.3) is 0 Å². The van der Waals surface area contributed by atoms with Crippen molar-refractivity contribution in [3.8, 4) is 0 Å². The number of ether oxygens (including phenoxy) is 1. The topological polar surface area (TPSA) is 93.5 Å². The molecule has 2 fully saturated rings. The van der Waals surface area contributed by atoms with Gasteiger partial charge in [-0.2, -0.15) is 16.1 Å². The molecule has 2 aliphatic heterocycles. The van der Waals surface area contributed by atoms with Crippen molar-refractivity contribution in [1.82, 2.24) is 19.2 Å². The first-order valence-electron chi connectivity index (χ1n) is 11.4. The number of nitrogens with zero attached hydrogens (tertiary/aromatic N) is 3. The lowest BCUT2D eigenvalue weighted by atomic mass is 10.1. The lowest BCUT2D eigenvalue weighted by Crippen LogP contribution is -2.40. The first kappa shape index (κ1) is 23.5. The Hall–Kier alpha value is -1.62. The summed E-state index contributed by atoms with van der Waals surface area (Å²) in [7, 11) is -3.57. The van der Waals surface area contributed by atoms with Crippen LogP contribution in [0.5, 0.6) is 0 Å². The number of sulfonamides is 1. The molecule has 0 bridgehead atoms. The number of carbonyl (C=O) groups is 1. The number of fused-ring (bicyclic) bond motifs is 1. The number of imidazole rings is 1. The van der Waals surface area contributed by atoms with E-state index in [4.69, 9.17) is 9.72 Å². The fourth-order valence-corrected chi connectivity index (χ4v) is 6.82. The van der Waals surface area contributed by atoms with Crippen LogP contribution in [0, 0.1) is 0 Å². The van der Waals surface area contributed by atoms with Gasteiger partial charge in [-0.05, 0) is 49.0 Å². The number of morpholine rings is 1. The fraction of sp³-hybridized carbons (Fsp3) is 0.636. The van der Waals surface area contributed by atoms with Gasteiger partial charge >= 0.3 is 0 Å². The molecule has 4 rings (SSSR count). The number of aryl methyl sites for hydroxylation is 2. The van der Waals surface area contributed by atoms with Crippen LogP contribution in [0.1, 0.15) is 38.4 Å². The molecule has 1 amide bonds. The normalized spacial score (nSPS) is 18.8.